The van der Waals surface area contributed by atoms with Crippen LogP contribution in [0.15, 0.2) is 11.6 Å². The molecule has 0 aromatic heterocycles. The number of hydrogen-bond donors (Lipinski definition) is 2. The van der Waals surface area contributed by atoms with E-state index >= 15 is 0 Å². The maximum absolute atomic E-state index is 13.6. The smallest absolute Gasteiger partial charge is 0.315 e. The van der Waals surface area contributed by atoms with E-state index < -0.39 is 46.8 Å². The molecule has 2 N–H and O–H groups in total. The lowest BCUT2D eigenvalue weighted by Crippen LogP contribution is -2.60. The zero-order valence-electron chi connectivity index (χ0n) is 25.1. The van der Waals surface area contributed by atoms with E-state index in [2.05, 4.69) is 19.9 Å². The number of aliphatic hydroxyl groups is 1. The highest BCUT2D eigenvalue weighted by atomic mass is 16.7. The minimum Gasteiger partial charge on any atom is -0.481 e. The third-order valence-corrected chi connectivity index (χ3v) is 11.6. The molecule has 0 radical (unpaired) electrons. The van der Waals surface area contributed by atoms with E-state index in [1.165, 1.54) is 0 Å². The molecule has 0 spiro atoms. The molecule has 5 rings (SSSR count). The molecular formula is C32H50O8. The Balaban J connectivity index is 1.45. The van der Waals surface area contributed by atoms with Gasteiger partial charge in [-0.2, -0.15) is 0 Å². The second kappa shape index (κ2) is 11.1. The standard InChI is InChI=1S/C32H50O8/c1-7-8-9-10-13-38-27-25(34)28(40-20(5)26(27)37-6)39-17-31-21-14-23(18(2)3)32(31,29(35)36)30(15-21,16-33)22-12-11-19(4)24(22)31/h14,16,18-22,24-28,34H,7-13,15,17H2,1-6H3,(H,35,36)/t19-,20-,21?,22-,24-,25+,26-,27+,28-,30?,31?,32?/m1/s1. The van der Waals surface area contributed by atoms with Gasteiger partial charge >= 0.3 is 5.97 Å². The molecule has 0 amide bonds. The summed E-state index contributed by atoms with van der Waals surface area (Å²) in [6.45, 7) is 11.0. The number of carbonyl (C=O) groups excluding carboxylic acids is 1. The molecule has 1 saturated heterocycles. The Morgan fingerprint density at radius 1 is 1.18 bits per heavy atom. The Bertz CT molecular complexity index is 995. The highest BCUT2D eigenvalue weighted by Crippen LogP contribution is 2.87. The highest BCUT2D eigenvalue weighted by Gasteiger charge is 2.89. The summed E-state index contributed by atoms with van der Waals surface area (Å²) in [5.41, 5.74) is -2.12. The van der Waals surface area contributed by atoms with Crippen LogP contribution in [0, 0.1) is 45.8 Å². The largest absolute Gasteiger partial charge is 0.481 e. The quantitative estimate of drug-likeness (QED) is 0.190. The zero-order chi connectivity index (χ0) is 29.0. The lowest BCUT2D eigenvalue weighted by Gasteiger charge is -2.48. The first-order chi connectivity index (χ1) is 19.1. The van der Waals surface area contributed by atoms with E-state index in [0.717, 1.165) is 50.4 Å². The average molecular weight is 563 g/mol. The summed E-state index contributed by atoms with van der Waals surface area (Å²) in [4.78, 5) is 26.7. The van der Waals surface area contributed by atoms with E-state index in [-0.39, 0.29) is 42.3 Å². The van der Waals surface area contributed by atoms with Gasteiger partial charge in [0.15, 0.2) is 6.29 Å². The summed E-state index contributed by atoms with van der Waals surface area (Å²) in [5, 5.41) is 22.6. The Hall–Kier alpha value is -1.32. The number of aliphatic hydroxyl groups excluding tert-OH is 1. The van der Waals surface area contributed by atoms with Gasteiger partial charge in [-0.15, -0.1) is 0 Å². The van der Waals surface area contributed by atoms with Crippen LogP contribution in [0.2, 0.25) is 0 Å². The molecule has 5 aliphatic rings. The third-order valence-electron chi connectivity index (χ3n) is 11.6. The van der Waals surface area contributed by atoms with Gasteiger partial charge in [-0.1, -0.05) is 65.0 Å². The molecule has 3 saturated carbocycles. The average Bonchev–Trinajstić information content (AvgIpc) is 3.59. The topological polar surface area (TPSA) is 112 Å². The molecule has 4 bridgehead atoms. The number of aliphatic carboxylic acids is 1. The second-order valence-electron chi connectivity index (χ2n) is 13.6. The summed E-state index contributed by atoms with van der Waals surface area (Å²) >= 11 is 0. The molecule has 4 unspecified atom stereocenters. The van der Waals surface area contributed by atoms with Gasteiger partial charge in [0.05, 0.1) is 18.1 Å². The molecule has 0 aromatic rings. The summed E-state index contributed by atoms with van der Waals surface area (Å²) < 4.78 is 24.6. The van der Waals surface area contributed by atoms with Crippen LogP contribution in [0.3, 0.4) is 0 Å². The number of carboxylic acids is 1. The van der Waals surface area contributed by atoms with Gasteiger partial charge < -0.3 is 34.0 Å². The van der Waals surface area contributed by atoms with Gasteiger partial charge in [0, 0.05) is 19.1 Å². The fraction of sp³-hybridized carbons (Fsp3) is 0.875. The van der Waals surface area contributed by atoms with Crippen LogP contribution < -0.4 is 0 Å². The number of unbranched alkanes of at least 4 members (excludes halogenated alkanes) is 3. The fourth-order valence-corrected chi connectivity index (χ4v) is 10.4. The van der Waals surface area contributed by atoms with Crippen LogP contribution in [0.4, 0.5) is 0 Å². The predicted molar refractivity (Wildman–Crippen MR) is 148 cm³/mol. The molecule has 4 fully saturated rings. The van der Waals surface area contributed by atoms with E-state index in [1.54, 1.807) is 7.11 Å². The summed E-state index contributed by atoms with van der Waals surface area (Å²) in [6.07, 6.45) is 6.28. The van der Waals surface area contributed by atoms with Crippen molar-refractivity contribution in [1.82, 2.24) is 0 Å². The molecule has 1 heterocycles. The number of aldehydes is 1. The van der Waals surface area contributed by atoms with Gasteiger partial charge in [0.2, 0.25) is 0 Å². The Labute approximate surface area is 239 Å². The molecular weight excluding hydrogens is 512 g/mol. The van der Waals surface area contributed by atoms with Crippen LogP contribution >= 0.6 is 0 Å². The van der Waals surface area contributed by atoms with E-state index in [9.17, 15) is 19.8 Å². The lowest BCUT2D eigenvalue weighted by atomic mass is 9.55. The molecule has 12 atom stereocenters. The number of allylic oxidation sites excluding steroid dienone is 1. The monoisotopic (exact) mass is 562 g/mol. The molecule has 8 nitrogen and oxygen atoms in total. The van der Waals surface area contributed by atoms with Crippen LogP contribution in [0.25, 0.3) is 0 Å². The van der Waals surface area contributed by atoms with Crippen molar-refractivity contribution in [3.63, 3.8) is 0 Å². The predicted octanol–water partition coefficient (Wildman–Crippen LogP) is 4.62. The van der Waals surface area contributed by atoms with Crippen LogP contribution in [0.5, 0.6) is 0 Å². The first-order valence-corrected chi connectivity index (χ1v) is 15.6. The lowest BCUT2D eigenvalue weighted by molar-refractivity contribution is -0.312. The van der Waals surface area contributed by atoms with Crippen molar-refractivity contribution in [2.75, 3.05) is 20.3 Å². The van der Waals surface area contributed by atoms with Crippen molar-refractivity contribution in [3.8, 4) is 0 Å². The maximum Gasteiger partial charge on any atom is 0.315 e. The minimum atomic E-state index is -1.31. The number of carboxylic acid groups (broad SMARTS) is 1. The van der Waals surface area contributed by atoms with Crippen LogP contribution in [-0.2, 0) is 28.5 Å². The summed E-state index contributed by atoms with van der Waals surface area (Å²) in [7, 11) is 1.59. The van der Waals surface area contributed by atoms with Crippen molar-refractivity contribution in [2.45, 2.75) is 110 Å². The number of hydrogen-bond acceptors (Lipinski definition) is 7. The molecule has 226 valence electrons. The number of fused-ring (bicyclic) bond motifs is 2. The van der Waals surface area contributed by atoms with Gasteiger partial charge in [-0.05, 0) is 55.8 Å². The first-order valence-electron chi connectivity index (χ1n) is 15.6. The van der Waals surface area contributed by atoms with E-state index in [0.29, 0.717) is 13.0 Å². The Kier molecular flexibility index (Phi) is 8.34. The normalized spacial score (nSPS) is 47.1. The van der Waals surface area contributed by atoms with Crippen LogP contribution in [-0.4, -0.2) is 73.5 Å². The highest BCUT2D eigenvalue weighted by molar-refractivity contribution is 5.91. The van der Waals surface area contributed by atoms with Crippen molar-refractivity contribution < 1.29 is 38.7 Å². The zero-order valence-corrected chi connectivity index (χ0v) is 25.1. The van der Waals surface area contributed by atoms with Crippen LogP contribution in [0.1, 0.15) is 79.6 Å². The molecule has 4 aliphatic carbocycles. The van der Waals surface area contributed by atoms with E-state index in [4.69, 9.17) is 18.9 Å². The van der Waals surface area contributed by atoms with Crippen molar-refractivity contribution in [1.29, 1.82) is 0 Å². The van der Waals surface area contributed by atoms with E-state index in [1.807, 2.05) is 20.8 Å². The molecule has 0 aromatic carbocycles. The van der Waals surface area contributed by atoms with Gasteiger partial charge in [0.25, 0.3) is 0 Å². The second-order valence-corrected chi connectivity index (χ2v) is 13.6. The maximum atomic E-state index is 13.6. The number of ether oxygens (including phenoxy) is 4. The Morgan fingerprint density at radius 3 is 2.55 bits per heavy atom. The molecule has 40 heavy (non-hydrogen) atoms. The van der Waals surface area contributed by atoms with Gasteiger partial charge in [-0.25, -0.2) is 0 Å². The summed E-state index contributed by atoms with van der Waals surface area (Å²) in [5.74, 6) is -0.620. The SMILES string of the molecule is CCCCCCO[C@H]1[C@H](O)[C@H](OCC23C4C=C(C(C)C)C2(C(=O)O)C(C=O)(C4)[C@@H]2CC[C@@H](C)[C@H]23)O[C@H](C)[C@H]1OC. The minimum absolute atomic E-state index is 0.00118. The number of carbonyl (C=O) groups is 2. The fourth-order valence-electron chi connectivity index (χ4n) is 10.4. The number of methoxy groups -OCH3 is 1. The van der Waals surface area contributed by atoms with Crippen molar-refractivity contribution in [2.24, 2.45) is 45.8 Å². The molecule has 8 heteroatoms. The van der Waals surface area contributed by atoms with Gasteiger partial charge in [-0.3, -0.25) is 4.79 Å². The third kappa shape index (κ3) is 3.81. The molecule has 1 aliphatic heterocycles. The number of rotatable bonds is 13. The first kappa shape index (κ1) is 30.1. The van der Waals surface area contributed by atoms with Gasteiger partial charge in [0.1, 0.15) is 30.0 Å². The summed E-state index contributed by atoms with van der Waals surface area (Å²) in [6, 6.07) is 0. The van der Waals surface area contributed by atoms with Crippen molar-refractivity contribution in [3.05, 3.63) is 11.6 Å². The Morgan fingerprint density at radius 2 is 1.93 bits per heavy atom. The van der Waals surface area contributed by atoms with Crippen molar-refractivity contribution >= 4 is 12.3 Å².